The zero-order valence-corrected chi connectivity index (χ0v) is 9.50. The summed E-state index contributed by atoms with van der Waals surface area (Å²) in [6.45, 7) is 0. The van der Waals surface area contributed by atoms with E-state index in [1.807, 2.05) is 0 Å². The van der Waals surface area contributed by atoms with E-state index in [-0.39, 0.29) is 4.21 Å². The van der Waals surface area contributed by atoms with Crippen LogP contribution in [0.3, 0.4) is 0 Å². The van der Waals surface area contributed by atoms with Crippen LogP contribution in [0.25, 0.3) is 0 Å². The van der Waals surface area contributed by atoms with Crippen LogP contribution in [0, 0.1) is 0 Å². The molecule has 0 radical (unpaired) electrons. The molecule has 0 aliphatic carbocycles. The number of thiophene rings is 1. The Labute approximate surface area is 87.1 Å². The molecule has 11 heavy (non-hydrogen) atoms. The fourth-order valence-corrected chi connectivity index (χ4v) is 3.40. The molecular weight excluding hydrogens is 323 g/mol. The summed E-state index contributed by atoms with van der Waals surface area (Å²) in [6.07, 6.45) is 0. The Hall–Kier alpha value is 0.630. The van der Waals surface area contributed by atoms with E-state index in [1.165, 1.54) is 35.1 Å². The van der Waals surface area contributed by atoms with Crippen molar-refractivity contribution in [2.75, 3.05) is 0 Å². The molecule has 0 atom stereocenters. The van der Waals surface area contributed by atoms with Crippen LogP contribution in [0.15, 0.2) is 16.3 Å². The maximum Gasteiger partial charge on any atom is 0.315 e. The molecule has 3 nitrogen and oxygen atoms in total. The molecule has 0 aromatic carbocycles. The molecule has 0 fully saturated rings. The number of halogens is 2. The maximum absolute atomic E-state index is 10.9. The highest BCUT2D eigenvalue weighted by atomic mass is 127. The first kappa shape index (κ1) is 9.72. The van der Waals surface area contributed by atoms with Crippen LogP contribution in [-0.4, -0.2) is 8.42 Å². The second-order valence-electron chi connectivity index (χ2n) is 1.58. The Morgan fingerprint density at radius 1 is 1.55 bits per heavy atom. The van der Waals surface area contributed by atoms with E-state index in [9.17, 15) is 8.42 Å². The fraction of sp³-hybridized carbons (Fsp3) is 0. The minimum absolute atomic E-state index is 0.122. The summed E-state index contributed by atoms with van der Waals surface area (Å²) in [7, 11) is -3.56. The smallest absolute Gasteiger partial charge is 0.195 e. The molecule has 0 saturated carbocycles. The van der Waals surface area contributed by atoms with E-state index in [4.69, 9.17) is 11.6 Å². The summed E-state index contributed by atoms with van der Waals surface area (Å²) < 4.78 is 26.7. The molecule has 62 valence electrons. The van der Waals surface area contributed by atoms with Gasteiger partial charge in [-0.2, -0.15) is 10.9 Å². The SMILES string of the molecule is O=S(=O)(OI)c1ccc(Cl)s1. The molecule has 1 rings (SSSR count). The van der Waals surface area contributed by atoms with Crippen molar-refractivity contribution in [3.63, 3.8) is 0 Å². The number of rotatable bonds is 2. The van der Waals surface area contributed by atoms with E-state index in [2.05, 4.69) is 2.51 Å². The highest BCUT2D eigenvalue weighted by Crippen LogP contribution is 2.27. The van der Waals surface area contributed by atoms with Crippen LogP contribution in [0.4, 0.5) is 0 Å². The van der Waals surface area contributed by atoms with Gasteiger partial charge in [-0.25, -0.2) is 0 Å². The number of hydrogen-bond donors (Lipinski definition) is 0. The first-order valence-electron chi connectivity index (χ1n) is 2.37. The summed E-state index contributed by atoms with van der Waals surface area (Å²) in [5.41, 5.74) is 0. The fourth-order valence-electron chi connectivity index (χ4n) is 0.463. The van der Waals surface area contributed by atoms with Crippen molar-refractivity contribution in [1.82, 2.24) is 0 Å². The van der Waals surface area contributed by atoms with Gasteiger partial charge < -0.3 is 0 Å². The summed E-state index contributed by atoms with van der Waals surface area (Å²) >= 11 is 7.81. The van der Waals surface area contributed by atoms with Gasteiger partial charge in [-0.05, 0) is 12.1 Å². The van der Waals surface area contributed by atoms with Gasteiger partial charge in [-0.1, -0.05) is 11.6 Å². The standard InChI is InChI=1S/C4H2ClIO3S2/c5-3-1-2-4(10-3)11(7,8)9-6/h1-2H. The van der Waals surface area contributed by atoms with Crippen LogP contribution in [-0.2, 0) is 12.6 Å². The topological polar surface area (TPSA) is 43.4 Å². The minimum atomic E-state index is -3.56. The van der Waals surface area contributed by atoms with E-state index >= 15 is 0 Å². The zero-order chi connectivity index (χ0) is 8.48. The first-order chi connectivity index (χ1) is 5.06. The van der Waals surface area contributed by atoms with Crippen LogP contribution in [0.1, 0.15) is 0 Å². The molecule has 0 N–H and O–H groups in total. The van der Waals surface area contributed by atoms with Crippen LogP contribution >= 0.6 is 45.9 Å². The molecule has 7 heteroatoms. The molecule has 0 bridgehead atoms. The Kier molecular flexibility index (Phi) is 3.15. The lowest BCUT2D eigenvalue weighted by molar-refractivity contribution is 0.539. The van der Waals surface area contributed by atoms with Gasteiger partial charge in [0.2, 0.25) is 0 Å². The lowest BCUT2D eigenvalue weighted by Crippen LogP contribution is -1.95. The van der Waals surface area contributed by atoms with Crippen molar-refractivity contribution >= 4 is 56.1 Å². The second-order valence-corrected chi connectivity index (χ2v) is 6.10. The molecule has 0 amide bonds. The van der Waals surface area contributed by atoms with E-state index in [0.717, 1.165) is 11.3 Å². The molecule has 1 aromatic rings. The molecule has 0 spiro atoms. The van der Waals surface area contributed by atoms with Crippen molar-refractivity contribution in [1.29, 1.82) is 0 Å². The molecule has 0 aliphatic rings. The molecule has 0 saturated heterocycles. The molecule has 1 heterocycles. The molecule has 0 aliphatic heterocycles. The summed E-state index contributed by atoms with van der Waals surface area (Å²) in [5.74, 6) is 0. The second kappa shape index (κ2) is 3.56. The van der Waals surface area contributed by atoms with Crippen LogP contribution in [0.2, 0.25) is 4.34 Å². The Morgan fingerprint density at radius 2 is 2.18 bits per heavy atom. The Morgan fingerprint density at radius 3 is 2.55 bits per heavy atom. The Bertz CT molecular complexity index is 344. The van der Waals surface area contributed by atoms with E-state index in [0.29, 0.717) is 4.34 Å². The van der Waals surface area contributed by atoms with Gasteiger partial charge in [0, 0.05) is 0 Å². The van der Waals surface area contributed by atoms with Crippen molar-refractivity contribution in [3.8, 4) is 0 Å². The predicted octanol–water partition coefficient (Wildman–Crippen LogP) is 2.46. The largest absolute Gasteiger partial charge is 0.315 e. The van der Waals surface area contributed by atoms with E-state index in [1.54, 1.807) is 0 Å². The van der Waals surface area contributed by atoms with Gasteiger partial charge >= 0.3 is 10.1 Å². The summed E-state index contributed by atoms with van der Waals surface area (Å²) in [4.78, 5) is 0. The third-order valence-electron chi connectivity index (χ3n) is 0.878. The zero-order valence-electron chi connectivity index (χ0n) is 4.95. The van der Waals surface area contributed by atoms with Crippen molar-refractivity contribution in [3.05, 3.63) is 16.5 Å². The van der Waals surface area contributed by atoms with Gasteiger partial charge in [0.05, 0.1) is 4.34 Å². The molecular formula is C4H2ClIO3S2. The number of hydrogen-bond acceptors (Lipinski definition) is 4. The lowest BCUT2D eigenvalue weighted by atomic mass is 10.7. The summed E-state index contributed by atoms with van der Waals surface area (Å²) in [5, 5.41) is 0. The average Bonchev–Trinajstić information content (AvgIpc) is 2.36. The maximum atomic E-state index is 10.9. The van der Waals surface area contributed by atoms with Gasteiger partial charge in [0.15, 0.2) is 0 Å². The minimum Gasteiger partial charge on any atom is -0.195 e. The third kappa shape index (κ3) is 2.28. The highest BCUT2D eigenvalue weighted by molar-refractivity contribution is 14.1. The van der Waals surface area contributed by atoms with Crippen molar-refractivity contribution < 1.29 is 10.9 Å². The van der Waals surface area contributed by atoms with Gasteiger partial charge in [0.25, 0.3) is 0 Å². The first-order valence-corrected chi connectivity index (χ1v) is 5.85. The van der Waals surface area contributed by atoms with Crippen molar-refractivity contribution in [2.24, 2.45) is 0 Å². The molecule has 1 aromatic heterocycles. The Balaban J connectivity index is 3.13. The van der Waals surface area contributed by atoms with Gasteiger partial charge in [-0.15, -0.1) is 11.3 Å². The van der Waals surface area contributed by atoms with Crippen LogP contribution < -0.4 is 0 Å². The lowest BCUT2D eigenvalue weighted by Gasteiger charge is -1.91. The monoisotopic (exact) mass is 324 g/mol. The van der Waals surface area contributed by atoms with E-state index < -0.39 is 10.1 Å². The average molecular weight is 325 g/mol. The van der Waals surface area contributed by atoms with Gasteiger partial charge in [0.1, 0.15) is 27.2 Å². The van der Waals surface area contributed by atoms with Gasteiger partial charge in [-0.3, -0.25) is 0 Å². The predicted molar refractivity (Wildman–Crippen MR) is 51.6 cm³/mol. The highest BCUT2D eigenvalue weighted by Gasteiger charge is 2.15. The third-order valence-corrected chi connectivity index (χ3v) is 4.98. The normalized spacial score (nSPS) is 11.8. The molecule has 0 unspecified atom stereocenters. The summed E-state index contributed by atoms with van der Waals surface area (Å²) in [6, 6.07) is 2.91. The van der Waals surface area contributed by atoms with Crippen molar-refractivity contribution in [2.45, 2.75) is 4.21 Å². The quantitative estimate of drug-likeness (QED) is 0.785. The van der Waals surface area contributed by atoms with Crippen LogP contribution in [0.5, 0.6) is 0 Å².